The lowest BCUT2D eigenvalue weighted by atomic mass is 10.2. The quantitative estimate of drug-likeness (QED) is 0.294. The number of ether oxygens (including phenoxy) is 1. The summed E-state index contributed by atoms with van der Waals surface area (Å²) in [6.45, 7) is 0.0360. The lowest BCUT2D eigenvalue weighted by Crippen LogP contribution is -2.25. The number of nitrogens with one attached hydrogen (secondary N) is 2. The third-order valence-corrected chi connectivity index (χ3v) is 4.07. The number of nitrogens with zero attached hydrogens (tertiary/aromatic N) is 3. The summed E-state index contributed by atoms with van der Waals surface area (Å²) in [6.07, 6.45) is 1.39. The number of nitro groups is 2. The second-order valence-corrected chi connectivity index (χ2v) is 6.35. The molecule has 32 heavy (non-hydrogen) atoms. The Morgan fingerprint density at radius 1 is 0.969 bits per heavy atom. The van der Waals surface area contributed by atoms with Gasteiger partial charge in [-0.15, -0.1) is 0 Å². The Morgan fingerprint density at radius 2 is 1.75 bits per heavy atom. The monoisotopic (exact) mass is 435 g/mol. The van der Waals surface area contributed by atoms with Gasteiger partial charge in [-0.1, -0.05) is 30.3 Å². The maximum absolute atomic E-state index is 11.9. The highest BCUT2D eigenvalue weighted by molar-refractivity contribution is 5.84. The molecule has 1 amide bonds. The number of hydrogen-bond acceptors (Lipinski definition) is 8. The SMILES string of the molecule is O=C(CNc1ccccc1)NN=Cc1cccc(Oc2ccc([N+](=O)[O-])cc2[N+](=O)[O-])c1. The summed E-state index contributed by atoms with van der Waals surface area (Å²) in [6, 6.07) is 18.8. The van der Waals surface area contributed by atoms with Gasteiger partial charge in [0.1, 0.15) is 5.75 Å². The summed E-state index contributed by atoms with van der Waals surface area (Å²) in [5.41, 5.74) is 2.80. The zero-order valence-corrected chi connectivity index (χ0v) is 16.5. The Bertz CT molecular complexity index is 1170. The molecule has 11 nitrogen and oxygen atoms in total. The number of nitro benzene ring substituents is 2. The van der Waals surface area contributed by atoms with Gasteiger partial charge in [0.2, 0.25) is 5.75 Å². The molecule has 0 aromatic heterocycles. The topological polar surface area (TPSA) is 149 Å². The van der Waals surface area contributed by atoms with Crippen molar-refractivity contribution in [2.45, 2.75) is 0 Å². The van der Waals surface area contributed by atoms with Crippen LogP contribution in [0.1, 0.15) is 5.56 Å². The van der Waals surface area contributed by atoms with E-state index in [-0.39, 0.29) is 24.0 Å². The van der Waals surface area contributed by atoms with Crippen LogP contribution in [0.2, 0.25) is 0 Å². The van der Waals surface area contributed by atoms with E-state index in [2.05, 4.69) is 15.8 Å². The maximum Gasteiger partial charge on any atom is 0.318 e. The second-order valence-electron chi connectivity index (χ2n) is 6.35. The van der Waals surface area contributed by atoms with Crippen molar-refractivity contribution in [3.8, 4) is 11.5 Å². The predicted octanol–water partition coefficient (Wildman–Crippen LogP) is 3.86. The Hall–Kier alpha value is -4.80. The summed E-state index contributed by atoms with van der Waals surface area (Å²) in [5.74, 6) is -0.239. The van der Waals surface area contributed by atoms with Gasteiger partial charge in [-0.3, -0.25) is 25.0 Å². The number of hydrogen-bond donors (Lipinski definition) is 2. The van der Waals surface area contributed by atoms with Crippen molar-refractivity contribution in [2.24, 2.45) is 5.10 Å². The molecule has 0 atom stereocenters. The molecule has 0 radical (unpaired) electrons. The Balaban J connectivity index is 1.62. The molecule has 0 aliphatic carbocycles. The van der Waals surface area contributed by atoms with Gasteiger partial charge in [0, 0.05) is 11.8 Å². The molecule has 3 rings (SSSR count). The van der Waals surface area contributed by atoms with Gasteiger partial charge >= 0.3 is 5.69 Å². The van der Waals surface area contributed by atoms with Crippen LogP contribution in [0.3, 0.4) is 0 Å². The average Bonchev–Trinajstić information content (AvgIpc) is 2.78. The van der Waals surface area contributed by atoms with Crippen molar-refractivity contribution >= 4 is 29.2 Å². The van der Waals surface area contributed by atoms with Crippen LogP contribution >= 0.6 is 0 Å². The van der Waals surface area contributed by atoms with E-state index in [0.29, 0.717) is 5.56 Å². The van der Waals surface area contributed by atoms with E-state index in [1.807, 2.05) is 30.3 Å². The largest absolute Gasteiger partial charge is 0.450 e. The number of non-ortho nitro benzene ring substituents is 1. The molecule has 0 aliphatic heterocycles. The van der Waals surface area contributed by atoms with E-state index >= 15 is 0 Å². The summed E-state index contributed by atoms with van der Waals surface area (Å²) in [5, 5.41) is 28.9. The van der Waals surface area contributed by atoms with Crippen molar-refractivity contribution in [3.63, 3.8) is 0 Å². The third kappa shape index (κ3) is 6.10. The molecular formula is C21H17N5O6. The first-order chi connectivity index (χ1) is 15.4. The summed E-state index contributed by atoms with van der Waals surface area (Å²) in [7, 11) is 0. The van der Waals surface area contributed by atoms with Gasteiger partial charge < -0.3 is 10.1 Å². The highest BCUT2D eigenvalue weighted by Crippen LogP contribution is 2.34. The van der Waals surface area contributed by atoms with Crippen LogP contribution in [0.25, 0.3) is 0 Å². The number of rotatable bonds is 9. The number of para-hydroxylation sites is 1. The van der Waals surface area contributed by atoms with Gasteiger partial charge in [0.05, 0.1) is 28.7 Å². The van der Waals surface area contributed by atoms with Crippen molar-refractivity contribution < 1.29 is 19.4 Å². The van der Waals surface area contributed by atoms with Crippen LogP contribution in [-0.4, -0.2) is 28.5 Å². The minimum atomic E-state index is -0.757. The highest BCUT2D eigenvalue weighted by atomic mass is 16.6. The summed E-state index contributed by atoms with van der Waals surface area (Å²) in [4.78, 5) is 32.5. The molecule has 0 bridgehead atoms. The fourth-order valence-corrected chi connectivity index (χ4v) is 2.59. The molecular weight excluding hydrogens is 418 g/mol. The number of benzene rings is 3. The molecule has 3 aromatic rings. The van der Waals surface area contributed by atoms with Crippen LogP contribution in [-0.2, 0) is 4.79 Å². The molecule has 0 spiro atoms. The number of amides is 1. The number of carbonyl (C=O) groups excluding carboxylic acids is 1. The standard InChI is InChI=1S/C21H17N5O6/c27-21(14-22-16-6-2-1-3-7-16)24-23-13-15-5-4-8-18(11-15)32-20-10-9-17(25(28)29)12-19(20)26(30)31/h1-13,22H,14H2,(H,24,27). The van der Waals surface area contributed by atoms with E-state index in [1.165, 1.54) is 6.21 Å². The van der Waals surface area contributed by atoms with Crippen LogP contribution < -0.4 is 15.5 Å². The van der Waals surface area contributed by atoms with Gasteiger partial charge in [-0.05, 0) is 35.9 Å². The molecule has 11 heteroatoms. The van der Waals surface area contributed by atoms with Crippen LogP contribution in [0.5, 0.6) is 11.5 Å². The lowest BCUT2D eigenvalue weighted by molar-refractivity contribution is -0.394. The molecule has 0 saturated carbocycles. The van der Waals surface area contributed by atoms with Crippen LogP contribution in [0.15, 0.2) is 77.9 Å². The molecule has 3 aromatic carbocycles. The Morgan fingerprint density at radius 3 is 2.47 bits per heavy atom. The molecule has 0 unspecified atom stereocenters. The van der Waals surface area contributed by atoms with Crippen molar-refractivity contribution in [1.82, 2.24) is 5.43 Å². The van der Waals surface area contributed by atoms with E-state index in [9.17, 15) is 25.0 Å². The first kappa shape index (κ1) is 21.9. The molecule has 2 N–H and O–H groups in total. The maximum atomic E-state index is 11.9. The van der Waals surface area contributed by atoms with E-state index < -0.39 is 21.2 Å². The van der Waals surface area contributed by atoms with Crippen LogP contribution in [0.4, 0.5) is 17.1 Å². The molecule has 162 valence electrons. The van der Waals surface area contributed by atoms with Crippen LogP contribution in [0, 0.1) is 20.2 Å². The molecule has 0 fully saturated rings. The second kappa shape index (κ2) is 10.3. The Labute approximate surface area is 181 Å². The molecule has 0 heterocycles. The zero-order chi connectivity index (χ0) is 22.9. The third-order valence-electron chi connectivity index (χ3n) is 4.07. The fraction of sp³-hybridized carbons (Fsp3) is 0.0476. The average molecular weight is 435 g/mol. The summed E-state index contributed by atoms with van der Waals surface area (Å²) < 4.78 is 5.54. The van der Waals surface area contributed by atoms with Gasteiger partial charge in [-0.25, -0.2) is 5.43 Å². The van der Waals surface area contributed by atoms with E-state index in [4.69, 9.17) is 4.74 Å². The lowest BCUT2D eigenvalue weighted by Gasteiger charge is -2.07. The highest BCUT2D eigenvalue weighted by Gasteiger charge is 2.21. The van der Waals surface area contributed by atoms with Gasteiger partial charge in [-0.2, -0.15) is 5.10 Å². The van der Waals surface area contributed by atoms with Crippen molar-refractivity contribution in [1.29, 1.82) is 0 Å². The van der Waals surface area contributed by atoms with Gasteiger partial charge in [0.25, 0.3) is 11.6 Å². The van der Waals surface area contributed by atoms with Gasteiger partial charge in [0.15, 0.2) is 0 Å². The minimum absolute atomic E-state index is 0.0360. The van der Waals surface area contributed by atoms with Crippen molar-refractivity contribution in [2.75, 3.05) is 11.9 Å². The zero-order valence-electron chi connectivity index (χ0n) is 16.5. The van der Waals surface area contributed by atoms with E-state index in [1.54, 1.807) is 24.3 Å². The Kier molecular flexibility index (Phi) is 7.05. The number of hydrazone groups is 1. The normalized spacial score (nSPS) is 10.5. The van der Waals surface area contributed by atoms with E-state index in [0.717, 1.165) is 23.9 Å². The molecule has 0 aliphatic rings. The first-order valence-electron chi connectivity index (χ1n) is 9.24. The fourth-order valence-electron chi connectivity index (χ4n) is 2.59. The predicted molar refractivity (Wildman–Crippen MR) is 117 cm³/mol. The number of anilines is 1. The molecule has 0 saturated heterocycles. The smallest absolute Gasteiger partial charge is 0.318 e. The number of carbonyl (C=O) groups is 1. The summed E-state index contributed by atoms with van der Waals surface area (Å²) >= 11 is 0. The minimum Gasteiger partial charge on any atom is -0.450 e. The first-order valence-corrected chi connectivity index (χ1v) is 9.24. The van der Waals surface area contributed by atoms with Crippen molar-refractivity contribution in [3.05, 3.63) is 98.6 Å².